The fraction of sp³-hybridized carbons (Fsp3) is 0.538. The van der Waals surface area contributed by atoms with E-state index >= 15 is 0 Å². The summed E-state index contributed by atoms with van der Waals surface area (Å²) >= 11 is 0. The Labute approximate surface area is 215 Å². The molecule has 3 rings (SSSR count). The van der Waals surface area contributed by atoms with Crippen LogP contribution in [0.1, 0.15) is 11.1 Å². The number of rotatable bonds is 12. The standard InChI is InChI=1S/C26H36O11/c1-34-20-9-14(3-5-18(20)30)7-16(11-27)17(12-28)8-15-4-6-19(21(10-15)35-2)36-26-25(33)24(32)23(31)22(13-29)37-26/h3-6,9-10,16-17,22-33H,7-8,11-13H2,1-2H3/t16?,17?,22-,23-,24+,25-,26-/m1/s1. The molecule has 11 nitrogen and oxygen atoms in total. The van der Waals surface area contributed by atoms with Crippen molar-refractivity contribution in [2.45, 2.75) is 43.5 Å². The van der Waals surface area contributed by atoms with Crippen molar-refractivity contribution in [1.29, 1.82) is 0 Å². The lowest BCUT2D eigenvalue weighted by Gasteiger charge is -2.39. The topological polar surface area (TPSA) is 179 Å². The molecular weight excluding hydrogens is 488 g/mol. The maximum atomic E-state index is 10.3. The van der Waals surface area contributed by atoms with Crippen molar-refractivity contribution in [3.8, 4) is 23.0 Å². The maximum absolute atomic E-state index is 10.3. The first kappa shape index (κ1) is 28.9. The van der Waals surface area contributed by atoms with Gasteiger partial charge >= 0.3 is 0 Å². The lowest BCUT2D eigenvalue weighted by molar-refractivity contribution is -0.277. The number of methoxy groups -OCH3 is 2. The van der Waals surface area contributed by atoms with Gasteiger partial charge in [0.05, 0.1) is 20.8 Å². The van der Waals surface area contributed by atoms with Gasteiger partial charge < -0.3 is 54.7 Å². The van der Waals surface area contributed by atoms with Gasteiger partial charge in [-0.05, 0) is 60.1 Å². The Kier molecular flexibility index (Phi) is 10.4. The van der Waals surface area contributed by atoms with Gasteiger partial charge in [-0.25, -0.2) is 0 Å². The summed E-state index contributed by atoms with van der Waals surface area (Å²) in [5, 5.41) is 69.6. The Hall–Kier alpha value is -2.64. The number of benzene rings is 2. The van der Waals surface area contributed by atoms with E-state index in [9.17, 15) is 35.7 Å². The first-order valence-corrected chi connectivity index (χ1v) is 12.0. The third-order valence-corrected chi connectivity index (χ3v) is 6.70. The van der Waals surface area contributed by atoms with Crippen molar-refractivity contribution < 1.29 is 54.7 Å². The highest BCUT2D eigenvalue weighted by Gasteiger charge is 2.45. The molecule has 0 saturated carbocycles. The average Bonchev–Trinajstić information content (AvgIpc) is 2.92. The van der Waals surface area contributed by atoms with Crippen LogP contribution < -0.4 is 14.2 Å². The van der Waals surface area contributed by atoms with E-state index in [0.717, 1.165) is 11.1 Å². The molecule has 2 aromatic rings. The Morgan fingerprint density at radius 2 is 1.32 bits per heavy atom. The number of hydrogen-bond acceptors (Lipinski definition) is 11. The van der Waals surface area contributed by atoms with Gasteiger partial charge in [0.15, 0.2) is 23.0 Å². The van der Waals surface area contributed by atoms with E-state index in [0.29, 0.717) is 24.3 Å². The van der Waals surface area contributed by atoms with Crippen molar-refractivity contribution in [3.63, 3.8) is 0 Å². The Bertz CT molecular complexity index is 998. The molecule has 1 saturated heterocycles. The number of phenols is 1. The van der Waals surface area contributed by atoms with E-state index in [1.807, 2.05) is 0 Å². The van der Waals surface area contributed by atoms with Gasteiger partial charge in [-0.15, -0.1) is 0 Å². The number of aromatic hydroxyl groups is 1. The normalized spacial score (nSPS) is 25.4. The highest BCUT2D eigenvalue weighted by atomic mass is 16.7. The fourth-order valence-electron chi connectivity index (χ4n) is 4.44. The molecule has 0 bridgehead atoms. The fourth-order valence-corrected chi connectivity index (χ4v) is 4.44. The molecular formula is C26H36O11. The molecule has 0 aliphatic carbocycles. The van der Waals surface area contributed by atoms with Crippen LogP contribution in [0.3, 0.4) is 0 Å². The van der Waals surface area contributed by atoms with Gasteiger partial charge in [0.1, 0.15) is 24.4 Å². The first-order valence-electron chi connectivity index (χ1n) is 12.0. The average molecular weight is 525 g/mol. The van der Waals surface area contributed by atoms with Crippen LogP contribution >= 0.6 is 0 Å². The van der Waals surface area contributed by atoms with E-state index in [4.69, 9.17) is 18.9 Å². The summed E-state index contributed by atoms with van der Waals surface area (Å²) in [5.41, 5.74) is 1.63. The van der Waals surface area contributed by atoms with Crippen LogP contribution in [0.15, 0.2) is 36.4 Å². The second kappa shape index (κ2) is 13.2. The van der Waals surface area contributed by atoms with Crippen LogP contribution in [0.4, 0.5) is 0 Å². The second-order valence-corrected chi connectivity index (χ2v) is 9.10. The van der Waals surface area contributed by atoms with E-state index < -0.39 is 37.3 Å². The van der Waals surface area contributed by atoms with Crippen LogP contribution in [0.5, 0.6) is 23.0 Å². The first-order chi connectivity index (χ1) is 17.8. The van der Waals surface area contributed by atoms with Crippen LogP contribution in [0, 0.1) is 11.8 Å². The zero-order chi connectivity index (χ0) is 27.1. The Balaban J connectivity index is 1.73. The molecule has 11 heteroatoms. The van der Waals surface area contributed by atoms with Crippen LogP contribution in [-0.2, 0) is 17.6 Å². The van der Waals surface area contributed by atoms with Crippen molar-refractivity contribution in [2.24, 2.45) is 11.8 Å². The molecule has 0 spiro atoms. The predicted octanol–water partition coefficient (Wildman–Crippen LogP) is -0.410. The van der Waals surface area contributed by atoms with Crippen LogP contribution in [0.25, 0.3) is 0 Å². The number of aliphatic hydroxyl groups is 6. The number of phenolic OH excluding ortho intramolecular Hbond substituents is 1. The maximum Gasteiger partial charge on any atom is 0.229 e. The van der Waals surface area contributed by atoms with E-state index in [-0.39, 0.29) is 36.5 Å². The molecule has 0 amide bonds. The molecule has 1 fully saturated rings. The molecule has 0 radical (unpaired) electrons. The molecule has 1 heterocycles. The Morgan fingerprint density at radius 3 is 1.86 bits per heavy atom. The second-order valence-electron chi connectivity index (χ2n) is 9.10. The minimum atomic E-state index is -1.57. The SMILES string of the molecule is COc1cc(CC(CO)C(CO)Cc2ccc(O[C@@H]3O[C@H](CO)[C@@H](O)[C@H](O)[C@H]3O)c(OC)c2)ccc1O. The summed E-state index contributed by atoms with van der Waals surface area (Å²) in [6, 6.07) is 9.98. The molecule has 37 heavy (non-hydrogen) atoms. The Morgan fingerprint density at radius 1 is 0.757 bits per heavy atom. The lowest BCUT2D eigenvalue weighted by Crippen LogP contribution is -2.60. The van der Waals surface area contributed by atoms with Gasteiger partial charge in [0.2, 0.25) is 6.29 Å². The highest BCUT2D eigenvalue weighted by molar-refractivity contribution is 5.44. The van der Waals surface area contributed by atoms with Crippen molar-refractivity contribution in [2.75, 3.05) is 34.0 Å². The molecule has 7 N–H and O–H groups in total. The number of ether oxygens (including phenoxy) is 4. The molecule has 2 unspecified atom stereocenters. The molecule has 7 atom stereocenters. The number of hydrogen-bond donors (Lipinski definition) is 7. The lowest BCUT2D eigenvalue weighted by atomic mass is 9.83. The van der Waals surface area contributed by atoms with E-state index in [2.05, 4.69) is 0 Å². The minimum absolute atomic E-state index is 0.0172. The summed E-state index contributed by atoms with van der Waals surface area (Å²) < 4.78 is 21.7. The third-order valence-electron chi connectivity index (χ3n) is 6.70. The van der Waals surface area contributed by atoms with Crippen LogP contribution in [-0.4, -0.2) is 100 Å². The summed E-state index contributed by atoms with van der Waals surface area (Å²) in [4.78, 5) is 0. The zero-order valence-corrected chi connectivity index (χ0v) is 20.8. The van der Waals surface area contributed by atoms with Gasteiger partial charge in [-0.2, -0.15) is 0 Å². The zero-order valence-electron chi connectivity index (χ0n) is 20.8. The largest absolute Gasteiger partial charge is 0.504 e. The van der Waals surface area contributed by atoms with E-state index in [1.54, 1.807) is 30.3 Å². The monoisotopic (exact) mass is 524 g/mol. The van der Waals surface area contributed by atoms with E-state index in [1.165, 1.54) is 20.3 Å². The summed E-state index contributed by atoms with van der Waals surface area (Å²) in [6.45, 7) is -0.915. The van der Waals surface area contributed by atoms with Gasteiger partial charge in [-0.1, -0.05) is 12.1 Å². The van der Waals surface area contributed by atoms with Gasteiger partial charge in [0.25, 0.3) is 0 Å². The quantitative estimate of drug-likeness (QED) is 0.192. The molecule has 1 aliphatic heterocycles. The highest BCUT2D eigenvalue weighted by Crippen LogP contribution is 2.34. The van der Waals surface area contributed by atoms with Gasteiger partial charge in [-0.3, -0.25) is 0 Å². The molecule has 206 valence electrons. The summed E-state index contributed by atoms with van der Waals surface area (Å²) in [7, 11) is 2.88. The van der Waals surface area contributed by atoms with Gasteiger partial charge in [0, 0.05) is 13.2 Å². The minimum Gasteiger partial charge on any atom is -0.504 e. The molecule has 0 aromatic heterocycles. The molecule has 1 aliphatic rings. The number of aliphatic hydroxyl groups excluding tert-OH is 6. The summed E-state index contributed by atoms with van der Waals surface area (Å²) in [6.07, 6.45) is -6.24. The molecule has 2 aromatic carbocycles. The third kappa shape index (κ3) is 6.82. The van der Waals surface area contributed by atoms with Crippen LogP contribution in [0.2, 0.25) is 0 Å². The van der Waals surface area contributed by atoms with Crippen molar-refractivity contribution in [3.05, 3.63) is 47.5 Å². The smallest absolute Gasteiger partial charge is 0.229 e. The summed E-state index contributed by atoms with van der Waals surface area (Å²) in [5.74, 6) is 0.265. The predicted molar refractivity (Wildman–Crippen MR) is 131 cm³/mol. The van der Waals surface area contributed by atoms with Crippen molar-refractivity contribution in [1.82, 2.24) is 0 Å². The van der Waals surface area contributed by atoms with Crippen molar-refractivity contribution >= 4 is 0 Å².